The Bertz CT molecular complexity index is 348. The van der Waals surface area contributed by atoms with Gasteiger partial charge in [0.05, 0.1) is 0 Å². The van der Waals surface area contributed by atoms with Gasteiger partial charge in [-0.3, -0.25) is 0 Å². The minimum Gasteiger partial charge on any atom is -0.330 e. The third-order valence-electron chi connectivity index (χ3n) is 3.56. The molecular weight excluding hydrogens is 250 g/mol. The van der Waals surface area contributed by atoms with Crippen molar-refractivity contribution in [1.29, 1.82) is 0 Å². The van der Waals surface area contributed by atoms with E-state index < -0.39 is 0 Å². The van der Waals surface area contributed by atoms with Crippen LogP contribution in [0.5, 0.6) is 0 Å². The van der Waals surface area contributed by atoms with Crippen LogP contribution in [0.4, 0.5) is 0 Å². The molecule has 2 unspecified atom stereocenters. The molecule has 82 valence electrons. The van der Waals surface area contributed by atoms with Crippen LogP contribution in [0.3, 0.4) is 0 Å². The van der Waals surface area contributed by atoms with Gasteiger partial charge in [0.15, 0.2) is 0 Å². The lowest BCUT2D eigenvalue weighted by Gasteiger charge is -2.30. The lowest BCUT2D eigenvalue weighted by Crippen LogP contribution is -2.23. The molecule has 0 fully saturated rings. The number of rotatable bonds is 2. The molecule has 0 aliphatic heterocycles. The fourth-order valence-electron chi connectivity index (χ4n) is 2.60. The molecule has 0 saturated heterocycles. The molecule has 0 amide bonds. The lowest BCUT2D eigenvalue weighted by molar-refractivity contribution is 0.413. The Kier molecular flexibility index (Phi) is 3.47. The van der Waals surface area contributed by atoms with Crippen molar-refractivity contribution in [1.82, 2.24) is 0 Å². The van der Waals surface area contributed by atoms with E-state index in [9.17, 15) is 0 Å². The van der Waals surface area contributed by atoms with Crippen molar-refractivity contribution >= 4 is 15.9 Å². The van der Waals surface area contributed by atoms with Gasteiger partial charge in [-0.25, -0.2) is 0 Å². The summed E-state index contributed by atoms with van der Waals surface area (Å²) >= 11 is 3.65. The van der Waals surface area contributed by atoms with E-state index in [4.69, 9.17) is 5.73 Å². The molecule has 1 aliphatic carbocycles. The third-order valence-corrected chi connectivity index (χ3v) is 4.30. The van der Waals surface area contributed by atoms with Crippen LogP contribution in [0, 0.1) is 5.92 Å². The van der Waals surface area contributed by atoms with Crippen LogP contribution >= 0.6 is 15.9 Å². The van der Waals surface area contributed by atoms with E-state index in [1.54, 1.807) is 0 Å². The van der Waals surface area contributed by atoms with E-state index in [1.165, 1.54) is 34.9 Å². The van der Waals surface area contributed by atoms with E-state index in [-0.39, 0.29) is 0 Å². The predicted molar refractivity (Wildman–Crippen MR) is 68.0 cm³/mol. The first-order valence-electron chi connectivity index (χ1n) is 5.71. The van der Waals surface area contributed by atoms with Gasteiger partial charge >= 0.3 is 0 Å². The average Bonchev–Trinajstić information content (AvgIpc) is 2.28. The van der Waals surface area contributed by atoms with Crippen molar-refractivity contribution < 1.29 is 0 Å². The zero-order chi connectivity index (χ0) is 10.8. The van der Waals surface area contributed by atoms with Crippen LogP contribution < -0.4 is 5.73 Å². The summed E-state index contributed by atoms with van der Waals surface area (Å²) in [6.45, 7) is 3.05. The summed E-state index contributed by atoms with van der Waals surface area (Å²) in [5.41, 5.74) is 8.82. The summed E-state index contributed by atoms with van der Waals surface area (Å²) in [7, 11) is 0. The van der Waals surface area contributed by atoms with Gasteiger partial charge in [-0.15, -0.1) is 0 Å². The van der Waals surface area contributed by atoms with Gasteiger partial charge in [0.2, 0.25) is 0 Å². The Balaban J connectivity index is 2.38. The summed E-state index contributed by atoms with van der Waals surface area (Å²) in [4.78, 5) is 0. The monoisotopic (exact) mass is 267 g/mol. The summed E-state index contributed by atoms with van der Waals surface area (Å²) in [6, 6.07) is 6.56. The molecule has 0 saturated carbocycles. The molecule has 2 atom stereocenters. The smallest absolute Gasteiger partial charge is 0.0210 e. The highest BCUT2D eigenvalue weighted by Gasteiger charge is 2.25. The highest BCUT2D eigenvalue weighted by atomic mass is 79.9. The first-order valence-corrected chi connectivity index (χ1v) is 6.50. The van der Waals surface area contributed by atoms with Crippen molar-refractivity contribution in [3.63, 3.8) is 0 Å². The Labute approximate surface area is 100 Å². The van der Waals surface area contributed by atoms with E-state index in [1.807, 2.05) is 0 Å². The van der Waals surface area contributed by atoms with Crippen LogP contribution in [0.25, 0.3) is 0 Å². The molecule has 0 aromatic heterocycles. The van der Waals surface area contributed by atoms with E-state index in [0.717, 1.165) is 6.54 Å². The van der Waals surface area contributed by atoms with Gasteiger partial charge in [0.1, 0.15) is 0 Å². The molecule has 2 N–H and O–H groups in total. The Hall–Kier alpha value is -0.340. The Morgan fingerprint density at radius 1 is 1.53 bits per heavy atom. The molecule has 1 nitrogen and oxygen atoms in total. The maximum absolute atomic E-state index is 5.79. The molecule has 1 aromatic carbocycles. The molecule has 1 aromatic rings. The zero-order valence-electron chi connectivity index (χ0n) is 9.17. The van der Waals surface area contributed by atoms with Crippen molar-refractivity contribution in [2.24, 2.45) is 11.7 Å². The van der Waals surface area contributed by atoms with Gasteiger partial charge in [-0.1, -0.05) is 35.0 Å². The minimum atomic E-state index is 0.596. The number of halogens is 1. The maximum atomic E-state index is 5.79. The van der Waals surface area contributed by atoms with Gasteiger partial charge in [0, 0.05) is 4.47 Å². The molecular formula is C13H18BrN. The summed E-state index contributed by atoms with van der Waals surface area (Å²) in [5, 5.41) is 0. The highest BCUT2D eigenvalue weighted by molar-refractivity contribution is 9.10. The second kappa shape index (κ2) is 4.67. The zero-order valence-corrected chi connectivity index (χ0v) is 10.8. The molecule has 15 heavy (non-hydrogen) atoms. The van der Waals surface area contributed by atoms with Crippen molar-refractivity contribution in [3.8, 4) is 0 Å². The topological polar surface area (TPSA) is 26.0 Å². The summed E-state index contributed by atoms with van der Waals surface area (Å²) in [6.07, 6.45) is 3.80. The van der Waals surface area contributed by atoms with Crippen molar-refractivity contribution in [3.05, 3.63) is 33.8 Å². The second-order valence-corrected chi connectivity index (χ2v) is 5.37. The molecule has 2 rings (SSSR count). The maximum Gasteiger partial charge on any atom is 0.0210 e. The first-order chi connectivity index (χ1) is 7.24. The van der Waals surface area contributed by atoms with Gasteiger partial charge < -0.3 is 5.73 Å². The lowest BCUT2D eigenvalue weighted by atomic mass is 9.76. The summed E-state index contributed by atoms with van der Waals surface area (Å²) in [5.74, 6) is 1.26. The number of fused-ring (bicyclic) bond motifs is 1. The largest absolute Gasteiger partial charge is 0.330 e. The molecule has 0 heterocycles. The van der Waals surface area contributed by atoms with Crippen molar-refractivity contribution in [2.45, 2.75) is 32.1 Å². The molecule has 1 aliphatic rings. The predicted octanol–water partition coefficient (Wildman–Crippen LogP) is 3.46. The SMILES string of the molecule is CC(CN)C1CCCc2c(Br)cccc21. The molecule has 0 bridgehead atoms. The van der Waals surface area contributed by atoms with Crippen LogP contribution in [0.2, 0.25) is 0 Å². The fraction of sp³-hybridized carbons (Fsp3) is 0.538. The fourth-order valence-corrected chi connectivity index (χ4v) is 3.18. The van der Waals surface area contributed by atoms with Gasteiger partial charge in [0.25, 0.3) is 0 Å². The Morgan fingerprint density at radius 3 is 3.07 bits per heavy atom. The third kappa shape index (κ3) is 2.11. The van der Waals surface area contributed by atoms with Crippen LogP contribution in [-0.2, 0) is 6.42 Å². The Morgan fingerprint density at radius 2 is 2.33 bits per heavy atom. The first kappa shape index (κ1) is 11.2. The second-order valence-electron chi connectivity index (χ2n) is 4.52. The number of hydrogen-bond acceptors (Lipinski definition) is 1. The van der Waals surface area contributed by atoms with Crippen LogP contribution in [0.15, 0.2) is 22.7 Å². The van der Waals surface area contributed by atoms with E-state index in [2.05, 4.69) is 41.1 Å². The molecule has 2 heteroatoms. The normalized spacial score (nSPS) is 22.2. The van der Waals surface area contributed by atoms with E-state index in [0.29, 0.717) is 11.8 Å². The van der Waals surface area contributed by atoms with Crippen LogP contribution in [0.1, 0.15) is 36.8 Å². The number of hydrogen-bond donors (Lipinski definition) is 1. The van der Waals surface area contributed by atoms with Crippen molar-refractivity contribution in [2.75, 3.05) is 6.54 Å². The molecule has 0 spiro atoms. The van der Waals surface area contributed by atoms with E-state index >= 15 is 0 Å². The number of benzene rings is 1. The highest BCUT2D eigenvalue weighted by Crippen LogP contribution is 2.39. The van der Waals surface area contributed by atoms with Gasteiger partial charge in [-0.05, 0) is 54.8 Å². The average molecular weight is 268 g/mol. The molecule has 0 radical (unpaired) electrons. The summed E-state index contributed by atoms with van der Waals surface area (Å²) < 4.78 is 1.27. The van der Waals surface area contributed by atoms with Crippen LogP contribution in [-0.4, -0.2) is 6.54 Å². The number of nitrogens with two attached hydrogens (primary N) is 1. The van der Waals surface area contributed by atoms with Gasteiger partial charge in [-0.2, -0.15) is 0 Å². The minimum absolute atomic E-state index is 0.596. The quantitative estimate of drug-likeness (QED) is 0.873. The standard InChI is InChI=1S/C13H18BrN/c1-9(8-15)10-4-2-6-12-11(10)5-3-7-13(12)14/h3,5,7,9-10H,2,4,6,8,15H2,1H3.